The Balaban J connectivity index is 2.91. The highest BCUT2D eigenvalue weighted by Crippen LogP contribution is 2.18. The van der Waals surface area contributed by atoms with E-state index in [0.29, 0.717) is 5.56 Å². The van der Waals surface area contributed by atoms with Crippen molar-refractivity contribution < 1.29 is 9.18 Å². The topological polar surface area (TPSA) is 29.1 Å². The zero-order chi connectivity index (χ0) is 10.6. The number of hydrogen-bond donors (Lipinski definition) is 1. The Hall–Kier alpha value is -1.64. The number of rotatable bonds is 2. The molecule has 1 aromatic carbocycles. The van der Waals surface area contributed by atoms with Gasteiger partial charge in [0.1, 0.15) is 5.82 Å². The molecule has 1 aromatic rings. The van der Waals surface area contributed by atoms with Crippen molar-refractivity contribution in [1.29, 1.82) is 0 Å². The molecule has 1 N–H and O–H groups in total. The summed E-state index contributed by atoms with van der Waals surface area (Å²) in [6, 6.07) is 4.67. The van der Waals surface area contributed by atoms with E-state index in [0.717, 1.165) is 0 Å². The Bertz CT molecular complexity index is 351. The molecule has 0 aliphatic rings. The van der Waals surface area contributed by atoms with Gasteiger partial charge in [-0.25, -0.2) is 4.39 Å². The average molecular weight is 193 g/mol. The molecule has 0 spiro atoms. The summed E-state index contributed by atoms with van der Waals surface area (Å²) in [5, 5.41) is 2.48. The number of anilines is 1. The molecule has 0 atom stereocenters. The van der Waals surface area contributed by atoms with E-state index in [1.54, 1.807) is 32.1 Å². The van der Waals surface area contributed by atoms with Crippen molar-refractivity contribution in [3.63, 3.8) is 0 Å². The van der Waals surface area contributed by atoms with Crippen LogP contribution in [0.15, 0.2) is 30.4 Å². The number of amides is 1. The second kappa shape index (κ2) is 4.56. The molecule has 0 saturated carbocycles. The van der Waals surface area contributed by atoms with E-state index in [1.807, 2.05) is 0 Å². The number of carbonyl (C=O) groups excluding carboxylic acids is 1. The lowest BCUT2D eigenvalue weighted by Crippen LogP contribution is -2.10. The minimum Gasteiger partial charge on any atom is -0.320 e. The van der Waals surface area contributed by atoms with Gasteiger partial charge in [0, 0.05) is 0 Å². The Morgan fingerprint density at radius 3 is 2.79 bits per heavy atom. The lowest BCUT2D eigenvalue weighted by atomic mass is 10.2. The van der Waals surface area contributed by atoms with Gasteiger partial charge in [-0.15, -0.1) is 0 Å². The molecule has 0 aliphatic heterocycles. The Labute approximate surface area is 82.4 Å². The Kier molecular flexibility index (Phi) is 3.40. The minimum absolute atomic E-state index is 0.246. The maximum Gasteiger partial charge on any atom is 0.248 e. The van der Waals surface area contributed by atoms with E-state index in [4.69, 9.17) is 0 Å². The quantitative estimate of drug-likeness (QED) is 0.719. The van der Waals surface area contributed by atoms with Crippen LogP contribution in [0.1, 0.15) is 12.5 Å². The van der Waals surface area contributed by atoms with Crippen molar-refractivity contribution in [1.82, 2.24) is 0 Å². The standard InChI is InChI=1S/C11H12FNO/c1-3-5-10(14)13-11-8(2)6-4-7-9(11)12/h3-7H,1-2H3,(H,13,14)/b5-3+. The molecule has 0 heterocycles. The van der Waals surface area contributed by atoms with Crippen molar-refractivity contribution in [3.05, 3.63) is 41.7 Å². The summed E-state index contributed by atoms with van der Waals surface area (Å²) in [4.78, 5) is 11.2. The lowest BCUT2D eigenvalue weighted by Gasteiger charge is -2.06. The molecule has 74 valence electrons. The normalized spacial score (nSPS) is 10.5. The maximum absolute atomic E-state index is 13.2. The third-order valence-corrected chi connectivity index (χ3v) is 1.79. The number of halogens is 1. The number of allylic oxidation sites excluding steroid dienone is 1. The van der Waals surface area contributed by atoms with Crippen LogP contribution >= 0.6 is 0 Å². The summed E-state index contributed by atoms with van der Waals surface area (Å²) >= 11 is 0. The maximum atomic E-state index is 13.2. The first-order valence-electron chi connectivity index (χ1n) is 4.34. The fourth-order valence-corrected chi connectivity index (χ4v) is 1.11. The predicted octanol–water partition coefficient (Wildman–Crippen LogP) is 2.65. The molecule has 3 heteroatoms. The van der Waals surface area contributed by atoms with Gasteiger partial charge in [-0.2, -0.15) is 0 Å². The zero-order valence-corrected chi connectivity index (χ0v) is 8.17. The number of aryl methyl sites for hydroxylation is 1. The van der Waals surface area contributed by atoms with E-state index in [9.17, 15) is 9.18 Å². The van der Waals surface area contributed by atoms with E-state index in [-0.39, 0.29) is 11.6 Å². The van der Waals surface area contributed by atoms with Crippen LogP contribution in [0.4, 0.5) is 10.1 Å². The number of nitrogens with one attached hydrogen (secondary N) is 1. The van der Waals surface area contributed by atoms with Gasteiger partial charge in [0.05, 0.1) is 5.69 Å². The van der Waals surface area contributed by atoms with Gasteiger partial charge >= 0.3 is 0 Å². The molecule has 0 aliphatic carbocycles. The Morgan fingerprint density at radius 1 is 1.50 bits per heavy atom. The molecular formula is C11H12FNO. The van der Waals surface area contributed by atoms with Crippen molar-refractivity contribution in [2.24, 2.45) is 0 Å². The van der Waals surface area contributed by atoms with Crippen molar-refractivity contribution in [2.45, 2.75) is 13.8 Å². The molecule has 1 rings (SSSR count). The van der Waals surface area contributed by atoms with E-state index in [2.05, 4.69) is 5.32 Å². The van der Waals surface area contributed by atoms with Gasteiger partial charge in [0.2, 0.25) is 5.91 Å². The van der Waals surface area contributed by atoms with E-state index >= 15 is 0 Å². The van der Waals surface area contributed by atoms with Gasteiger partial charge in [-0.05, 0) is 31.6 Å². The summed E-state index contributed by atoms with van der Waals surface area (Å²) in [6.07, 6.45) is 2.96. The fraction of sp³-hybridized carbons (Fsp3) is 0.182. The van der Waals surface area contributed by atoms with Crippen LogP contribution in [0.2, 0.25) is 0 Å². The fourth-order valence-electron chi connectivity index (χ4n) is 1.11. The lowest BCUT2D eigenvalue weighted by molar-refractivity contribution is -0.111. The molecule has 0 fully saturated rings. The van der Waals surface area contributed by atoms with Crippen LogP contribution < -0.4 is 5.32 Å². The summed E-state index contributed by atoms with van der Waals surface area (Å²) < 4.78 is 13.2. The number of carbonyl (C=O) groups is 1. The second-order valence-electron chi connectivity index (χ2n) is 2.92. The number of hydrogen-bond acceptors (Lipinski definition) is 1. The smallest absolute Gasteiger partial charge is 0.248 e. The molecule has 0 unspecified atom stereocenters. The van der Waals surface area contributed by atoms with Crippen molar-refractivity contribution in [2.75, 3.05) is 5.32 Å². The van der Waals surface area contributed by atoms with Crippen LogP contribution in [0.3, 0.4) is 0 Å². The molecule has 14 heavy (non-hydrogen) atoms. The highest BCUT2D eigenvalue weighted by molar-refractivity contribution is 5.99. The number of para-hydroxylation sites is 1. The molecule has 0 bridgehead atoms. The summed E-state index contributed by atoms with van der Waals surface area (Å²) in [7, 11) is 0. The van der Waals surface area contributed by atoms with Crippen LogP contribution in [0, 0.1) is 12.7 Å². The minimum atomic E-state index is -0.414. The average Bonchev–Trinajstić information content (AvgIpc) is 2.12. The molecular weight excluding hydrogens is 181 g/mol. The van der Waals surface area contributed by atoms with Crippen LogP contribution in [-0.2, 0) is 4.79 Å². The molecule has 1 amide bonds. The van der Waals surface area contributed by atoms with Crippen LogP contribution in [0.5, 0.6) is 0 Å². The third kappa shape index (κ3) is 2.42. The highest BCUT2D eigenvalue weighted by Gasteiger charge is 2.06. The van der Waals surface area contributed by atoms with Gasteiger partial charge in [0.25, 0.3) is 0 Å². The molecule has 0 aromatic heterocycles. The van der Waals surface area contributed by atoms with Crippen LogP contribution in [-0.4, -0.2) is 5.91 Å². The zero-order valence-electron chi connectivity index (χ0n) is 8.17. The van der Waals surface area contributed by atoms with Gasteiger partial charge < -0.3 is 5.32 Å². The van der Waals surface area contributed by atoms with Gasteiger partial charge in [0.15, 0.2) is 0 Å². The molecule has 0 radical (unpaired) electrons. The first-order chi connectivity index (χ1) is 6.65. The van der Waals surface area contributed by atoms with E-state index in [1.165, 1.54) is 12.1 Å². The van der Waals surface area contributed by atoms with Gasteiger partial charge in [-0.1, -0.05) is 18.2 Å². The molecule has 0 saturated heterocycles. The second-order valence-corrected chi connectivity index (χ2v) is 2.92. The summed E-state index contributed by atoms with van der Waals surface area (Å²) in [6.45, 7) is 3.47. The van der Waals surface area contributed by atoms with Crippen molar-refractivity contribution in [3.8, 4) is 0 Å². The number of benzene rings is 1. The third-order valence-electron chi connectivity index (χ3n) is 1.79. The van der Waals surface area contributed by atoms with E-state index < -0.39 is 5.82 Å². The monoisotopic (exact) mass is 193 g/mol. The van der Waals surface area contributed by atoms with Crippen LogP contribution in [0.25, 0.3) is 0 Å². The first kappa shape index (κ1) is 10.4. The first-order valence-corrected chi connectivity index (χ1v) is 4.34. The Morgan fingerprint density at radius 2 is 2.21 bits per heavy atom. The SMILES string of the molecule is C/C=C/C(=O)Nc1c(C)cccc1F. The molecule has 2 nitrogen and oxygen atoms in total. The highest BCUT2D eigenvalue weighted by atomic mass is 19.1. The van der Waals surface area contributed by atoms with Crippen molar-refractivity contribution >= 4 is 11.6 Å². The summed E-state index contributed by atoms with van der Waals surface area (Å²) in [5.41, 5.74) is 0.957. The van der Waals surface area contributed by atoms with Gasteiger partial charge in [-0.3, -0.25) is 4.79 Å². The summed E-state index contributed by atoms with van der Waals surface area (Å²) in [5.74, 6) is -0.733. The largest absolute Gasteiger partial charge is 0.320 e. The predicted molar refractivity (Wildman–Crippen MR) is 54.6 cm³/mol.